The van der Waals surface area contributed by atoms with Crippen LogP contribution in [0.2, 0.25) is 0 Å². The fourth-order valence-corrected chi connectivity index (χ4v) is 3.37. The Morgan fingerprint density at radius 3 is 2.64 bits per heavy atom. The van der Waals surface area contributed by atoms with E-state index in [9.17, 15) is 0 Å². The van der Waals surface area contributed by atoms with Gasteiger partial charge in [0, 0.05) is 12.1 Å². The van der Waals surface area contributed by atoms with Crippen molar-refractivity contribution >= 4 is 0 Å². The molecule has 1 aliphatic heterocycles. The maximum atomic E-state index is 5.62. The van der Waals surface area contributed by atoms with Gasteiger partial charge in [-0.2, -0.15) is 0 Å². The van der Waals surface area contributed by atoms with Gasteiger partial charge in [-0.25, -0.2) is 0 Å². The number of nitrogens with one attached hydrogen (secondary N) is 1. The topological polar surface area (TPSA) is 21.3 Å². The van der Waals surface area contributed by atoms with Gasteiger partial charge in [0.1, 0.15) is 0 Å². The van der Waals surface area contributed by atoms with E-state index in [1.807, 2.05) is 0 Å². The molecule has 82 valence electrons. The zero-order chi connectivity index (χ0) is 10.2. The van der Waals surface area contributed by atoms with Crippen LogP contribution in [0.15, 0.2) is 0 Å². The fraction of sp³-hybridized carbons (Fsp3) is 1.00. The second-order valence-electron chi connectivity index (χ2n) is 5.55. The summed E-state index contributed by atoms with van der Waals surface area (Å²) in [4.78, 5) is 0. The Bertz CT molecular complexity index is 196. The first-order valence-corrected chi connectivity index (χ1v) is 5.96. The van der Waals surface area contributed by atoms with Crippen molar-refractivity contribution < 1.29 is 4.74 Å². The third-order valence-corrected chi connectivity index (χ3v) is 4.05. The number of rotatable bonds is 1. The summed E-state index contributed by atoms with van der Waals surface area (Å²) in [5.41, 5.74) is 0.326. The first-order chi connectivity index (χ1) is 6.63. The zero-order valence-corrected chi connectivity index (χ0v) is 9.68. The smallest absolute Gasteiger partial charge is 0.0649 e. The molecular formula is C12H23NO. The quantitative estimate of drug-likeness (QED) is 0.694. The van der Waals surface area contributed by atoms with Crippen LogP contribution in [-0.2, 0) is 4.74 Å². The lowest BCUT2D eigenvalue weighted by Gasteiger charge is -2.35. The van der Waals surface area contributed by atoms with Gasteiger partial charge >= 0.3 is 0 Å². The molecule has 0 radical (unpaired) electrons. The molecule has 1 spiro atoms. The van der Waals surface area contributed by atoms with Crippen LogP contribution in [0.25, 0.3) is 0 Å². The van der Waals surface area contributed by atoms with Gasteiger partial charge in [-0.15, -0.1) is 0 Å². The molecule has 1 N–H and O–H groups in total. The maximum Gasteiger partial charge on any atom is 0.0649 e. The van der Waals surface area contributed by atoms with Gasteiger partial charge in [0.2, 0.25) is 0 Å². The van der Waals surface area contributed by atoms with Crippen LogP contribution in [0, 0.1) is 17.8 Å². The summed E-state index contributed by atoms with van der Waals surface area (Å²) in [6.07, 6.45) is 2.61. The Labute approximate surface area is 87.4 Å². The van der Waals surface area contributed by atoms with Gasteiger partial charge in [0.05, 0.1) is 13.2 Å². The number of morpholine rings is 1. The van der Waals surface area contributed by atoms with Crippen molar-refractivity contribution in [1.29, 1.82) is 0 Å². The number of ether oxygens (including phenoxy) is 1. The Morgan fingerprint density at radius 2 is 2.14 bits per heavy atom. The molecule has 0 bridgehead atoms. The van der Waals surface area contributed by atoms with Crippen molar-refractivity contribution in [3.63, 3.8) is 0 Å². The lowest BCUT2D eigenvalue weighted by atomic mass is 9.87. The van der Waals surface area contributed by atoms with Crippen molar-refractivity contribution in [3.05, 3.63) is 0 Å². The fourth-order valence-electron chi connectivity index (χ4n) is 3.37. The van der Waals surface area contributed by atoms with E-state index in [1.54, 1.807) is 0 Å². The molecule has 14 heavy (non-hydrogen) atoms. The monoisotopic (exact) mass is 197 g/mol. The van der Waals surface area contributed by atoms with Crippen molar-refractivity contribution in [2.45, 2.75) is 39.2 Å². The summed E-state index contributed by atoms with van der Waals surface area (Å²) in [5, 5.41) is 3.68. The Kier molecular flexibility index (Phi) is 2.85. The first kappa shape index (κ1) is 10.4. The summed E-state index contributed by atoms with van der Waals surface area (Å²) < 4.78 is 5.62. The Morgan fingerprint density at radius 1 is 1.36 bits per heavy atom. The number of hydrogen-bond acceptors (Lipinski definition) is 2. The highest BCUT2D eigenvalue weighted by Gasteiger charge is 2.45. The SMILES string of the molecule is CC(C)C1C[C@@]2(COCCN2)CC1C. The molecule has 1 heterocycles. The second kappa shape index (κ2) is 3.82. The van der Waals surface area contributed by atoms with Crippen molar-refractivity contribution in [2.24, 2.45) is 17.8 Å². The van der Waals surface area contributed by atoms with E-state index < -0.39 is 0 Å². The van der Waals surface area contributed by atoms with Crippen molar-refractivity contribution in [3.8, 4) is 0 Å². The highest BCUT2D eigenvalue weighted by molar-refractivity contribution is 5.01. The molecule has 0 aromatic heterocycles. The molecule has 1 saturated heterocycles. The molecule has 1 saturated carbocycles. The molecule has 0 aromatic carbocycles. The molecule has 2 nitrogen and oxygen atoms in total. The third-order valence-electron chi connectivity index (χ3n) is 4.05. The van der Waals surface area contributed by atoms with E-state index in [2.05, 4.69) is 26.1 Å². The Hall–Kier alpha value is -0.0800. The molecule has 0 amide bonds. The average Bonchev–Trinajstić information content (AvgIpc) is 2.44. The molecule has 2 unspecified atom stereocenters. The van der Waals surface area contributed by atoms with Crippen LogP contribution in [0.4, 0.5) is 0 Å². The van der Waals surface area contributed by atoms with E-state index >= 15 is 0 Å². The number of hydrogen-bond donors (Lipinski definition) is 1. The maximum absolute atomic E-state index is 5.62. The van der Waals surface area contributed by atoms with Gasteiger partial charge < -0.3 is 10.1 Å². The van der Waals surface area contributed by atoms with E-state index in [-0.39, 0.29) is 0 Å². The van der Waals surface area contributed by atoms with Crippen molar-refractivity contribution in [1.82, 2.24) is 5.32 Å². The zero-order valence-electron chi connectivity index (χ0n) is 9.68. The van der Waals surface area contributed by atoms with Crippen LogP contribution in [0.1, 0.15) is 33.6 Å². The summed E-state index contributed by atoms with van der Waals surface area (Å²) in [6.45, 7) is 9.96. The minimum absolute atomic E-state index is 0.326. The third kappa shape index (κ3) is 1.82. The molecular weight excluding hydrogens is 174 g/mol. The highest BCUT2D eigenvalue weighted by Crippen LogP contribution is 2.43. The predicted molar refractivity (Wildman–Crippen MR) is 58.3 cm³/mol. The molecule has 3 atom stereocenters. The van der Waals surface area contributed by atoms with Gasteiger partial charge in [0.15, 0.2) is 0 Å². The summed E-state index contributed by atoms with van der Waals surface area (Å²) in [6, 6.07) is 0. The van der Waals surface area contributed by atoms with Crippen LogP contribution < -0.4 is 5.32 Å². The molecule has 2 rings (SSSR count). The lowest BCUT2D eigenvalue weighted by molar-refractivity contribution is 0.0267. The van der Waals surface area contributed by atoms with Crippen LogP contribution in [0.3, 0.4) is 0 Å². The Balaban J connectivity index is 2.03. The minimum Gasteiger partial charge on any atom is -0.378 e. The molecule has 0 aromatic rings. The molecule has 2 heteroatoms. The highest BCUT2D eigenvalue weighted by atomic mass is 16.5. The minimum atomic E-state index is 0.326. The van der Waals surface area contributed by atoms with Gasteiger partial charge in [0.25, 0.3) is 0 Å². The van der Waals surface area contributed by atoms with Crippen LogP contribution in [-0.4, -0.2) is 25.3 Å². The molecule has 2 fully saturated rings. The van der Waals surface area contributed by atoms with Gasteiger partial charge in [-0.1, -0.05) is 20.8 Å². The first-order valence-electron chi connectivity index (χ1n) is 5.96. The average molecular weight is 197 g/mol. The summed E-state index contributed by atoms with van der Waals surface area (Å²) >= 11 is 0. The lowest BCUT2D eigenvalue weighted by Crippen LogP contribution is -2.52. The van der Waals surface area contributed by atoms with E-state index in [0.29, 0.717) is 5.54 Å². The normalized spacial score (nSPS) is 43.7. The summed E-state index contributed by atoms with van der Waals surface area (Å²) in [5.74, 6) is 2.54. The van der Waals surface area contributed by atoms with Crippen LogP contribution >= 0.6 is 0 Å². The van der Waals surface area contributed by atoms with E-state index in [4.69, 9.17) is 4.74 Å². The van der Waals surface area contributed by atoms with E-state index in [1.165, 1.54) is 12.8 Å². The van der Waals surface area contributed by atoms with Crippen LogP contribution in [0.5, 0.6) is 0 Å². The van der Waals surface area contributed by atoms with Gasteiger partial charge in [-0.3, -0.25) is 0 Å². The largest absolute Gasteiger partial charge is 0.378 e. The molecule has 2 aliphatic rings. The summed E-state index contributed by atoms with van der Waals surface area (Å²) in [7, 11) is 0. The molecule has 1 aliphatic carbocycles. The van der Waals surface area contributed by atoms with Gasteiger partial charge in [-0.05, 0) is 30.6 Å². The van der Waals surface area contributed by atoms with E-state index in [0.717, 1.165) is 37.5 Å². The second-order valence-corrected chi connectivity index (χ2v) is 5.55. The standard InChI is InChI=1S/C12H23NO/c1-9(2)11-7-12(6-10(11)3)8-14-5-4-13-12/h9-11,13H,4-8H2,1-3H3/t10?,11?,12-/m1/s1. The van der Waals surface area contributed by atoms with Crippen molar-refractivity contribution in [2.75, 3.05) is 19.8 Å². The predicted octanol–water partition coefficient (Wildman–Crippen LogP) is 2.05.